The van der Waals surface area contributed by atoms with E-state index in [1.54, 1.807) is 4.90 Å². The summed E-state index contributed by atoms with van der Waals surface area (Å²) in [4.78, 5) is 21.6. The number of allylic oxidation sites excluding steroid dienone is 2. The zero-order valence-corrected chi connectivity index (χ0v) is 8.96. The maximum Gasteiger partial charge on any atom is 0.328 e. The number of carbonyl (C=O) groups is 2. The van der Waals surface area contributed by atoms with Crippen molar-refractivity contribution in [1.82, 2.24) is 4.90 Å². The van der Waals surface area contributed by atoms with Gasteiger partial charge in [-0.2, -0.15) is 0 Å². The highest BCUT2D eigenvalue weighted by Gasteiger charge is 2.12. The van der Waals surface area contributed by atoms with Crippen LogP contribution in [0.15, 0.2) is 24.8 Å². The van der Waals surface area contributed by atoms with Crippen molar-refractivity contribution >= 4 is 12.0 Å². The fourth-order valence-electron chi connectivity index (χ4n) is 0.934. The molecule has 0 aliphatic carbocycles. The van der Waals surface area contributed by atoms with Gasteiger partial charge in [0.05, 0.1) is 13.2 Å². The van der Waals surface area contributed by atoms with Crippen LogP contribution in [0.1, 0.15) is 0 Å². The van der Waals surface area contributed by atoms with E-state index in [1.165, 1.54) is 12.2 Å². The average molecular weight is 228 g/mol. The summed E-state index contributed by atoms with van der Waals surface area (Å²) in [5.74, 6) is -0.945. The van der Waals surface area contributed by atoms with Crippen LogP contribution in [0.5, 0.6) is 0 Å². The van der Waals surface area contributed by atoms with Gasteiger partial charge in [-0.1, -0.05) is 18.7 Å². The van der Waals surface area contributed by atoms with Gasteiger partial charge in [0, 0.05) is 19.2 Å². The number of urea groups is 1. The van der Waals surface area contributed by atoms with Gasteiger partial charge in [0.25, 0.3) is 0 Å². The Balaban J connectivity index is 0.000000293. The number of rotatable bonds is 2. The number of nitrogens with two attached hydrogens (primary N) is 1. The lowest BCUT2D eigenvalue weighted by molar-refractivity contribution is -0.131. The van der Waals surface area contributed by atoms with E-state index in [4.69, 9.17) is 15.6 Å². The van der Waals surface area contributed by atoms with Gasteiger partial charge >= 0.3 is 12.0 Å². The molecule has 1 heterocycles. The molecule has 0 spiro atoms. The lowest BCUT2D eigenvalue weighted by Crippen LogP contribution is -2.43. The maximum atomic E-state index is 10.4. The third kappa shape index (κ3) is 7.57. The van der Waals surface area contributed by atoms with Crippen molar-refractivity contribution in [2.45, 2.75) is 0 Å². The average Bonchev–Trinajstić information content (AvgIpc) is 2.28. The standard InChI is InChI=1S/C5H10N2O2.C5H6O2/c6-5(8)7-1-3-9-4-2-7;1-2-3-4-5(6)7/h1-4H2,(H2,6,8);2-4H,1H2,(H,6,7). The van der Waals surface area contributed by atoms with Gasteiger partial charge in [-0.15, -0.1) is 0 Å². The van der Waals surface area contributed by atoms with E-state index < -0.39 is 5.97 Å². The van der Waals surface area contributed by atoms with E-state index in [2.05, 4.69) is 6.58 Å². The molecule has 0 saturated carbocycles. The molecule has 2 amide bonds. The number of carboxylic acid groups (broad SMARTS) is 1. The van der Waals surface area contributed by atoms with Crippen LogP contribution in [0, 0.1) is 0 Å². The van der Waals surface area contributed by atoms with Gasteiger partial charge in [-0.3, -0.25) is 0 Å². The number of nitrogens with zero attached hydrogens (tertiary/aromatic N) is 1. The Labute approximate surface area is 94.0 Å². The summed E-state index contributed by atoms with van der Waals surface area (Å²) in [6.07, 6.45) is 3.80. The van der Waals surface area contributed by atoms with Crippen molar-refractivity contribution in [2.75, 3.05) is 26.3 Å². The van der Waals surface area contributed by atoms with Gasteiger partial charge < -0.3 is 20.5 Å². The molecule has 0 aromatic rings. The van der Waals surface area contributed by atoms with Gasteiger partial charge in [-0.05, 0) is 0 Å². The van der Waals surface area contributed by atoms with E-state index in [9.17, 15) is 9.59 Å². The predicted octanol–water partition coefficient (Wildman–Crippen LogP) is 0.210. The molecule has 1 fully saturated rings. The van der Waals surface area contributed by atoms with Crippen molar-refractivity contribution in [2.24, 2.45) is 5.73 Å². The van der Waals surface area contributed by atoms with Crippen LogP contribution in [0.2, 0.25) is 0 Å². The summed E-state index contributed by atoms with van der Waals surface area (Å²) in [6.45, 7) is 5.78. The predicted molar refractivity (Wildman–Crippen MR) is 58.9 cm³/mol. The van der Waals surface area contributed by atoms with Crippen LogP contribution >= 0.6 is 0 Å². The third-order valence-electron chi connectivity index (χ3n) is 1.70. The largest absolute Gasteiger partial charge is 0.478 e. The first kappa shape index (κ1) is 14.2. The molecule has 0 aromatic heterocycles. The molecule has 0 bridgehead atoms. The van der Waals surface area contributed by atoms with Crippen LogP contribution in [0.4, 0.5) is 4.79 Å². The lowest BCUT2D eigenvalue weighted by Gasteiger charge is -2.24. The number of ether oxygens (including phenoxy) is 1. The molecule has 1 aliphatic heterocycles. The molecule has 0 unspecified atom stereocenters. The van der Waals surface area contributed by atoms with Crippen molar-refractivity contribution in [3.05, 3.63) is 24.8 Å². The summed E-state index contributed by atoms with van der Waals surface area (Å²) < 4.78 is 5.00. The maximum absolute atomic E-state index is 10.4. The Morgan fingerprint density at radius 2 is 1.94 bits per heavy atom. The third-order valence-corrected chi connectivity index (χ3v) is 1.70. The minimum Gasteiger partial charge on any atom is -0.478 e. The minimum atomic E-state index is -0.945. The lowest BCUT2D eigenvalue weighted by atomic mass is 10.4. The zero-order valence-electron chi connectivity index (χ0n) is 8.96. The topological polar surface area (TPSA) is 92.9 Å². The molecule has 1 saturated heterocycles. The van der Waals surface area contributed by atoms with Crippen LogP contribution in [0.3, 0.4) is 0 Å². The van der Waals surface area contributed by atoms with Crippen molar-refractivity contribution in [1.29, 1.82) is 0 Å². The highest BCUT2D eigenvalue weighted by Crippen LogP contribution is 1.94. The Bertz CT molecular complexity index is 270. The van der Waals surface area contributed by atoms with E-state index in [0.717, 1.165) is 6.08 Å². The number of carboxylic acids is 1. The summed E-state index contributed by atoms with van der Waals surface area (Å²) in [5, 5.41) is 7.91. The zero-order chi connectivity index (χ0) is 12.4. The number of aliphatic carboxylic acids is 1. The monoisotopic (exact) mass is 228 g/mol. The first-order chi connectivity index (χ1) is 7.57. The smallest absolute Gasteiger partial charge is 0.328 e. The summed E-state index contributed by atoms with van der Waals surface area (Å²) in [5.41, 5.74) is 5.00. The van der Waals surface area contributed by atoms with Crippen molar-refractivity contribution < 1.29 is 19.4 Å². The fourth-order valence-corrected chi connectivity index (χ4v) is 0.934. The summed E-state index contributed by atoms with van der Waals surface area (Å²) >= 11 is 0. The second-order valence-corrected chi connectivity index (χ2v) is 2.87. The molecular weight excluding hydrogens is 212 g/mol. The van der Waals surface area contributed by atoms with Crippen molar-refractivity contribution in [3.63, 3.8) is 0 Å². The highest BCUT2D eigenvalue weighted by molar-refractivity contribution is 5.80. The van der Waals surface area contributed by atoms with Gasteiger partial charge in [0.15, 0.2) is 0 Å². The molecule has 90 valence electrons. The van der Waals surface area contributed by atoms with Crippen molar-refractivity contribution in [3.8, 4) is 0 Å². The highest BCUT2D eigenvalue weighted by atomic mass is 16.5. The van der Waals surface area contributed by atoms with Gasteiger partial charge in [0.2, 0.25) is 0 Å². The first-order valence-electron chi connectivity index (χ1n) is 4.72. The van der Waals surface area contributed by atoms with Crippen LogP contribution in [-0.4, -0.2) is 48.3 Å². The summed E-state index contributed by atoms with van der Waals surface area (Å²) in [6, 6.07) is -0.349. The number of carbonyl (C=O) groups excluding carboxylic acids is 1. The molecule has 6 heteroatoms. The van der Waals surface area contributed by atoms with E-state index in [-0.39, 0.29) is 6.03 Å². The SMILES string of the molecule is C=CC=CC(=O)O.NC(=O)N1CCOCC1. The molecule has 16 heavy (non-hydrogen) atoms. The number of hydrogen-bond acceptors (Lipinski definition) is 3. The normalized spacial score (nSPS) is 15.1. The molecule has 0 atom stereocenters. The second-order valence-electron chi connectivity index (χ2n) is 2.87. The Morgan fingerprint density at radius 1 is 1.38 bits per heavy atom. The van der Waals surface area contributed by atoms with Gasteiger partial charge in [-0.25, -0.2) is 9.59 Å². The molecule has 0 radical (unpaired) electrons. The molecule has 0 aromatic carbocycles. The van der Waals surface area contributed by atoms with E-state index in [1.807, 2.05) is 0 Å². The molecule has 1 rings (SSSR count). The quantitative estimate of drug-likeness (QED) is 0.522. The Kier molecular flexibility index (Phi) is 7.52. The van der Waals surface area contributed by atoms with Gasteiger partial charge in [0.1, 0.15) is 0 Å². The molecular formula is C10H16N2O4. The van der Waals surface area contributed by atoms with Crippen LogP contribution < -0.4 is 5.73 Å². The first-order valence-corrected chi connectivity index (χ1v) is 4.72. The van der Waals surface area contributed by atoms with Crippen LogP contribution in [-0.2, 0) is 9.53 Å². The summed E-state index contributed by atoms with van der Waals surface area (Å²) in [7, 11) is 0. The Morgan fingerprint density at radius 3 is 2.19 bits per heavy atom. The molecule has 6 nitrogen and oxygen atoms in total. The van der Waals surface area contributed by atoms with E-state index >= 15 is 0 Å². The molecule has 3 N–H and O–H groups in total. The minimum absolute atomic E-state index is 0.349. The second kappa shape index (κ2) is 8.49. The van der Waals surface area contributed by atoms with Crippen LogP contribution in [0.25, 0.3) is 0 Å². The van der Waals surface area contributed by atoms with E-state index in [0.29, 0.717) is 26.3 Å². The number of morpholine rings is 1. The Hall–Kier alpha value is -1.82. The number of amides is 2. The number of primary amides is 1. The number of hydrogen-bond donors (Lipinski definition) is 2. The molecule has 1 aliphatic rings. The fraction of sp³-hybridized carbons (Fsp3) is 0.400.